The van der Waals surface area contributed by atoms with Gasteiger partial charge in [-0.2, -0.15) is 0 Å². The molecule has 0 saturated carbocycles. The molecule has 2 aromatic rings. The van der Waals surface area contributed by atoms with Crippen molar-refractivity contribution in [1.82, 2.24) is 0 Å². The summed E-state index contributed by atoms with van der Waals surface area (Å²) >= 11 is 6.80. The molecule has 0 aliphatic heterocycles. The summed E-state index contributed by atoms with van der Waals surface area (Å²) in [4.78, 5) is 11.3. The van der Waals surface area contributed by atoms with Gasteiger partial charge in [-0.3, -0.25) is 4.79 Å². The Morgan fingerprint density at radius 1 is 0.839 bits per heavy atom. The quantitative estimate of drug-likeness (QED) is 0.364. The summed E-state index contributed by atoms with van der Waals surface area (Å²) in [7, 11) is 0. The Morgan fingerprint density at radius 3 is 1.65 bits per heavy atom. The first kappa shape index (κ1) is 29.6. The molecule has 174 valence electrons. The summed E-state index contributed by atoms with van der Waals surface area (Å²) in [6, 6.07) is 7.57. The largest absolute Gasteiger partial charge is 0.491 e. The minimum Gasteiger partial charge on any atom is -0.491 e. The van der Waals surface area contributed by atoms with Crippen LogP contribution in [0.15, 0.2) is 33.2 Å². The third-order valence-corrected chi connectivity index (χ3v) is 5.46. The predicted octanol–water partition coefficient (Wildman–Crippen LogP) is 7.98. The molecule has 0 aromatic heterocycles. The van der Waals surface area contributed by atoms with Gasteiger partial charge in [0.05, 0.1) is 18.3 Å². The first-order chi connectivity index (χ1) is 13.8. The molecule has 0 spiro atoms. The number of ketones is 1. The molecule has 4 nitrogen and oxygen atoms in total. The molecule has 0 aliphatic rings. The standard InChI is InChI=1S/C12H17BrO2.C12H15BrO2.CH4/c2*1-7(2)15-12-6-10(9(4)14)11(13)5-8(12)3;/h5-7,9,14H,1-4H3;5-7H,1-4H3;1H4. The van der Waals surface area contributed by atoms with Crippen molar-refractivity contribution in [3.8, 4) is 11.5 Å². The van der Waals surface area contributed by atoms with Crippen molar-refractivity contribution in [1.29, 1.82) is 0 Å². The summed E-state index contributed by atoms with van der Waals surface area (Å²) in [6.45, 7) is 15.2. The Hall–Kier alpha value is -1.37. The van der Waals surface area contributed by atoms with Gasteiger partial charge in [0.1, 0.15) is 11.5 Å². The molecule has 2 rings (SSSR count). The van der Waals surface area contributed by atoms with E-state index in [2.05, 4.69) is 31.9 Å². The highest BCUT2D eigenvalue weighted by atomic mass is 79.9. The maximum absolute atomic E-state index is 11.3. The normalized spacial score (nSPS) is 11.4. The lowest BCUT2D eigenvalue weighted by atomic mass is 10.1. The van der Waals surface area contributed by atoms with Crippen LogP contribution in [0.25, 0.3) is 0 Å². The fraction of sp³-hybridized carbons (Fsp3) is 0.480. The van der Waals surface area contributed by atoms with Crippen molar-refractivity contribution in [3.05, 3.63) is 55.5 Å². The summed E-state index contributed by atoms with van der Waals surface area (Å²) in [5.41, 5.74) is 3.62. The molecule has 0 fully saturated rings. The zero-order valence-corrected chi connectivity index (χ0v) is 22.1. The van der Waals surface area contributed by atoms with E-state index < -0.39 is 6.10 Å². The number of Topliss-reactive ketones (excluding diaryl/α,β-unsaturated/α-hetero) is 1. The molecule has 1 N–H and O–H groups in total. The van der Waals surface area contributed by atoms with Crippen LogP contribution in [0.4, 0.5) is 0 Å². The molecule has 0 radical (unpaired) electrons. The highest BCUT2D eigenvalue weighted by Gasteiger charge is 2.12. The van der Waals surface area contributed by atoms with Gasteiger partial charge in [0.25, 0.3) is 0 Å². The number of halogens is 2. The summed E-state index contributed by atoms with van der Waals surface area (Å²) in [6.07, 6.45) is -0.231. The fourth-order valence-corrected chi connectivity index (χ4v) is 4.20. The van der Waals surface area contributed by atoms with Gasteiger partial charge >= 0.3 is 0 Å². The van der Waals surface area contributed by atoms with E-state index in [1.807, 2.05) is 59.7 Å². The van der Waals surface area contributed by atoms with Gasteiger partial charge in [0.15, 0.2) is 5.78 Å². The number of carbonyl (C=O) groups excluding carboxylic acids is 1. The zero-order chi connectivity index (χ0) is 23.2. The smallest absolute Gasteiger partial charge is 0.161 e. The number of hydrogen-bond acceptors (Lipinski definition) is 4. The first-order valence-electron chi connectivity index (χ1n) is 9.95. The van der Waals surface area contributed by atoms with Gasteiger partial charge in [-0.05, 0) is 96.3 Å². The van der Waals surface area contributed by atoms with Gasteiger partial charge < -0.3 is 14.6 Å². The number of rotatable bonds is 6. The number of ether oxygens (including phenoxy) is 2. The Kier molecular flexibility index (Phi) is 12.7. The zero-order valence-electron chi connectivity index (χ0n) is 19.0. The van der Waals surface area contributed by atoms with Crippen molar-refractivity contribution < 1.29 is 19.4 Å². The molecule has 0 saturated heterocycles. The minimum absolute atomic E-state index is 0. The van der Waals surface area contributed by atoms with Crippen LogP contribution in [0.3, 0.4) is 0 Å². The van der Waals surface area contributed by atoms with Crippen LogP contribution in [0.2, 0.25) is 0 Å². The molecular formula is C25H36Br2O4. The van der Waals surface area contributed by atoms with Crippen molar-refractivity contribution in [2.24, 2.45) is 0 Å². The van der Waals surface area contributed by atoms with Crippen LogP contribution in [-0.4, -0.2) is 23.1 Å². The SMILES string of the molecule is C.CC(=O)c1cc(OC(C)C)c(C)cc1Br.Cc1cc(Br)c(C(C)O)cc1OC(C)C. The Morgan fingerprint density at radius 2 is 1.26 bits per heavy atom. The second-order valence-electron chi connectivity index (χ2n) is 7.80. The van der Waals surface area contributed by atoms with Gasteiger partial charge in [-0.15, -0.1) is 0 Å². The third kappa shape index (κ3) is 9.34. The summed E-state index contributed by atoms with van der Waals surface area (Å²) in [5, 5.41) is 9.57. The monoisotopic (exact) mass is 558 g/mol. The van der Waals surface area contributed by atoms with E-state index in [0.717, 1.165) is 37.1 Å². The van der Waals surface area contributed by atoms with Gasteiger partial charge in [0, 0.05) is 14.5 Å². The number of carbonyl (C=O) groups is 1. The van der Waals surface area contributed by atoms with E-state index >= 15 is 0 Å². The highest BCUT2D eigenvalue weighted by molar-refractivity contribution is 9.10. The van der Waals surface area contributed by atoms with Gasteiger partial charge in [-0.25, -0.2) is 0 Å². The molecular weight excluding hydrogens is 524 g/mol. The van der Waals surface area contributed by atoms with E-state index in [1.54, 1.807) is 19.9 Å². The maximum Gasteiger partial charge on any atom is 0.161 e. The molecule has 6 heteroatoms. The Labute approximate surface area is 204 Å². The second kappa shape index (κ2) is 13.2. The van der Waals surface area contributed by atoms with Crippen LogP contribution in [0.1, 0.15) is 82.1 Å². The number of aliphatic hydroxyl groups excluding tert-OH is 1. The van der Waals surface area contributed by atoms with Crippen LogP contribution >= 0.6 is 31.9 Å². The van der Waals surface area contributed by atoms with E-state index in [0.29, 0.717) is 5.56 Å². The van der Waals surface area contributed by atoms with E-state index in [1.165, 1.54) is 0 Å². The first-order valence-corrected chi connectivity index (χ1v) is 11.5. The number of aryl methyl sites for hydroxylation is 2. The molecule has 2 aromatic carbocycles. The van der Waals surface area contributed by atoms with E-state index in [-0.39, 0.29) is 25.4 Å². The fourth-order valence-electron chi connectivity index (χ4n) is 2.67. The number of benzene rings is 2. The van der Waals surface area contributed by atoms with Crippen LogP contribution in [0.5, 0.6) is 11.5 Å². The predicted molar refractivity (Wildman–Crippen MR) is 137 cm³/mol. The van der Waals surface area contributed by atoms with Crippen molar-refractivity contribution in [3.63, 3.8) is 0 Å². The molecule has 1 atom stereocenters. The minimum atomic E-state index is -0.491. The van der Waals surface area contributed by atoms with Crippen molar-refractivity contribution >= 4 is 37.6 Å². The van der Waals surface area contributed by atoms with Gasteiger partial charge in [0.2, 0.25) is 0 Å². The molecule has 0 aliphatic carbocycles. The summed E-state index contributed by atoms with van der Waals surface area (Å²) in [5.74, 6) is 1.65. The van der Waals surface area contributed by atoms with E-state index in [4.69, 9.17) is 9.47 Å². The lowest BCUT2D eigenvalue weighted by Crippen LogP contribution is -2.08. The van der Waals surface area contributed by atoms with Gasteiger partial charge in [-0.1, -0.05) is 39.3 Å². The van der Waals surface area contributed by atoms with Crippen molar-refractivity contribution in [2.75, 3.05) is 0 Å². The molecule has 0 bridgehead atoms. The average molecular weight is 560 g/mol. The average Bonchev–Trinajstić information content (AvgIpc) is 2.59. The number of aliphatic hydroxyl groups is 1. The van der Waals surface area contributed by atoms with E-state index in [9.17, 15) is 9.90 Å². The molecule has 0 heterocycles. The molecule has 31 heavy (non-hydrogen) atoms. The maximum atomic E-state index is 11.3. The van der Waals surface area contributed by atoms with Crippen LogP contribution < -0.4 is 9.47 Å². The summed E-state index contributed by atoms with van der Waals surface area (Å²) < 4.78 is 13.0. The third-order valence-electron chi connectivity index (χ3n) is 4.11. The van der Waals surface area contributed by atoms with Crippen molar-refractivity contribution in [2.45, 2.75) is 81.1 Å². The Bertz CT molecular complexity index is 874. The van der Waals surface area contributed by atoms with Crippen LogP contribution in [-0.2, 0) is 0 Å². The Balaban J connectivity index is 0.000000562. The lowest BCUT2D eigenvalue weighted by Gasteiger charge is -2.16. The molecule has 1 unspecified atom stereocenters. The topological polar surface area (TPSA) is 55.8 Å². The number of hydrogen-bond donors (Lipinski definition) is 1. The molecule has 0 amide bonds. The highest BCUT2D eigenvalue weighted by Crippen LogP contribution is 2.31. The van der Waals surface area contributed by atoms with Crippen LogP contribution in [0, 0.1) is 13.8 Å². The second-order valence-corrected chi connectivity index (χ2v) is 9.51. The lowest BCUT2D eigenvalue weighted by molar-refractivity contribution is 0.101.